The summed E-state index contributed by atoms with van der Waals surface area (Å²) in [5, 5.41) is 0.819. The molecule has 1 aromatic heterocycles. The maximum Gasteiger partial charge on any atom is 0.220 e. The van der Waals surface area contributed by atoms with Gasteiger partial charge in [0.15, 0.2) is 0 Å². The van der Waals surface area contributed by atoms with Crippen molar-refractivity contribution < 1.29 is 9.18 Å². The first-order chi connectivity index (χ1) is 10.1. The number of hydrogen-bond acceptors (Lipinski definition) is 3. The zero-order valence-electron chi connectivity index (χ0n) is 11.8. The van der Waals surface area contributed by atoms with Gasteiger partial charge in [-0.05, 0) is 49.7 Å². The number of pyridine rings is 1. The topological polar surface area (TPSA) is 59.2 Å². The summed E-state index contributed by atoms with van der Waals surface area (Å²) in [6.45, 7) is 2.26. The molecule has 0 bridgehead atoms. The molecule has 3 rings (SSSR count). The summed E-state index contributed by atoms with van der Waals surface area (Å²) in [4.78, 5) is 17.8. The highest BCUT2D eigenvalue weighted by Crippen LogP contribution is 2.23. The Bertz CT molecular complexity index is 666. The molecule has 2 aromatic rings. The molecule has 1 amide bonds. The summed E-state index contributed by atoms with van der Waals surface area (Å²) in [6, 6.07) is 6.73. The van der Waals surface area contributed by atoms with E-state index in [0.717, 1.165) is 42.4 Å². The average molecular weight is 287 g/mol. The van der Waals surface area contributed by atoms with E-state index in [1.54, 1.807) is 12.3 Å². The standard InChI is InChI=1S/C16H18FN3O/c17-14-8-12-2-1-5-19-15(12)13(9-14)10-20-6-3-11(4-7-20)16(18)21/h1-2,5,8-9,11H,3-4,6-7,10H2,(H2,18,21). The third-order valence-corrected chi connectivity index (χ3v) is 4.13. The Labute approximate surface area is 122 Å². The molecule has 0 saturated carbocycles. The molecule has 1 aliphatic rings. The number of halogens is 1. The Morgan fingerprint density at radius 3 is 2.86 bits per heavy atom. The summed E-state index contributed by atoms with van der Waals surface area (Å²) in [7, 11) is 0. The third kappa shape index (κ3) is 3.03. The molecule has 0 spiro atoms. The third-order valence-electron chi connectivity index (χ3n) is 4.13. The van der Waals surface area contributed by atoms with Crippen LogP contribution in [0.1, 0.15) is 18.4 Å². The van der Waals surface area contributed by atoms with Crippen molar-refractivity contribution in [2.24, 2.45) is 11.7 Å². The lowest BCUT2D eigenvalue weighted by Gasteiger charge is -2.30. The molecule has 5 heteroatoms. The number of rotatable bonds is 3. The molecule has 4 nitrogen and oxygen atoms in total. The molecule has 0 radical (unpaired) electrons. The summed E-state index contributed by atoms with van der Waals surface area (Å²) >= 11 is 0. The second-order valence-electron chi connectivity index (χ2n) is 5.59. The van der Waals surface area contributed by atoms with Crippen molar-refractivity contribution in [1.29, 1.82) is 0 Å². The van der Waals surface area contributed by atoms with Gasteiger partial charge in [0.1, 0.15) is 5.82 Å². The van der Waals surface area contributed by atoms with Gasteiger partial charge in [-0.25, -0.2) is 4.39 Å². The van der Waals surface area contributed by atoms with Crippen LogP contribution in [0.2, 0.25) is 0 Å². The van der Waals surface area contributed by atoms with Crippen LogP contribution in [0.3, 0.4) is 0 Å². The lowest BCUT2D eigenvalue weighted by atomic mass is 9.96. The van der Waals surface area contributed by atoms with E-state index in [0.29, 0.717) is 6.54 Å². The van der Waals surface area contributed by atoms with E-state index in [1.807, 2.05) is 12.1 Å². The van der Waals surface area contributed by atoms with E-state index in [1.165, 1.54) is 6.07 Å². The van der Waals surface area contributed by atoms with Crippen molar-refractivity contribution >= 4 is 16.8 Å². The van der Waals surface area contributed by atoms with Gasteiger partial charge in [0.2, 0.25) is 5.91 Å². The Hall–Kier alpha value is -2.01. The number of benzene rings is 1. The number of nitrogens with two attached hydrogens (primary N) is 1. The molecule has 0 atom stereocenters. The van der Waals surface area contributed by atoms with Gasteiger partial charge in [-0.3, -0.25) is 14.7 Å². The minimum absolute atomic E-state index is 0.0244. The zero-order chi connectivity index (χ0) is 14.8. The summed E-state index contributed by atoms with van der Waals surface area (Å²) in [5.74, 6) is -0.478. The molecule has 0 unspecified atom stereocenters. The second kappa shape index (κ2) is 5.77. The SMILES string of the molecule is NC(=O)C1CCN(Cc2cc(F)cc3cccnc23)CC1. The number of nitrogens with zero attached hydrogens (tertiary/aromatic N) is 2. The first-order valence-corrected chi connectivity index (χ1v) is 7.18. The van der Waals surface area contributed by atoms with Crippen LogP contribution >= 0.6 is 0 Å². The fourth-order valence-corrected chi connectivity index (χ4v) is 2.96. The Morgan fingerprint density at radius 1 is 1.38 bits per heavy atom. The number of fused-ring (bicyclic) bond motifs is 1. The van der Waals surface area contributed by atoms with E-state index >= 15 is 0 Å². The van der Waals surface area contributed by atoms with Gasteiger partial charge in [-0.2, -0.15) is 0 Å². The maximum absolute atomic E-state index is 13.7. The van der Waals surface area contributed by atoms with E-state index in [2.05, 4.69) is 9.88 Å². The van der Waals surface area contributed by atoms with Crippen LogP contribution in [0.15, 0.2) is 30.5 Å². The van der Waals surface area contributed by atoms with Gasteiger partial charge in [0.25, 0.3) is 0 Å². The Balaban J connectivity index is 1.78. The smallest absolute Gasteiger partial charge is 0.220 e. The molecule has 2 heterocycles. The number of piperidine rings is 1. The summed E-state index contributed by atoms with van der Waals surface area (Å²) in [6.07, 6.45) is 3.27. The molecule has 1 saturated heterocycles. The van der Waals surface area contributed by atoms with Crippen LogP contribution in [-0.2, 0) is 11.3 Å². The van der Waals surface area contributed by atoms with Gasteiger partial charge >= 0.3 is 0 Å². The fraction of sp³-hybridized carbons (Fsp3) is 0.375. The Morgan fingerprint density at radius 2 is 2.14 bits per heavy atom. The number of hydrogen-bond donors (Lipinski definition) is 1. The molecular formula is C16H18FN3O. The van der Waals surface area contributed by atoms with E-state index < -0.39 is 0 Å². The summed E-state index contributed by atoms with van der Waals surface area (Å²) < 4.78 is 13.7. The van der Waals surface area contributed by atoms with Gasteiger partial charge in [-0.1, -0.05) is 6.07 Å². The van der Waals surface area contributed by atoms with Crippen molar-refractivity contribution in [3.8, 4) is 0 Å². The van der Waals surface area contributed by atoms with Crippen LogP contribution in [-0.4, -0.2) is 28.9 Å². The quantitative estimate of drug-likeness (QED) is 0.940. The predicted molar refractivity (Wildman–Crippen MR) is 78.9 cm³/mol. The number of primary amides is 1. The van der Waals surface area contributed by atoms with Crippen molar-refractivity contribution in [2.75, 3.05) is 13.1 Å². The number of aromatic nitrogens is 1. The zero-order valence-corrected chi connectivity index (χ0v) is 11.8. The van der Waals surface area contributed by atoms with E-state index in [-0.39, 0.29) is 17.6 Å². The molecule has 1 aliphatic heterocycles. The number of carbonyl (C=O) groups excluding carboxylic acids is 1. The summed E-state index contributed by atoms with van der Waals surface area (Å²) in [5.41, 5.74) is 7.08. The van der Waals surface area contributed by atoms with Crippen molar-refractivity contribution in [2.45, 2.75) is 19.4 Å². The highest BCUT2D eigenvalue weighted by atomic mass is 19.1. The normalized spacial score (nSPS) is 17.2. The minimum atomic E-state index is -0.238. The van der Waals surface area contributed by atoms with Gasteiger partial charge in [-0.15, -0.1) is 0 Å². The first-order valence-electron chi connectivity index (χ1n) is 7.18. The highest BCUT2D eigenvalue weighted by molar-refractivity contribution is 5.81. The maximum atomic E-state index is 13.7. The van der Waals surface area contributed by atoms with Crippen LogP contribution in [0, 0.1) is 11.7 Å². The molecule has 1 aromatic carbocycles. The first kappa shape index (κ1) is 13.9. The van der Waals surface area contributed by atoms with Crippen LogP contribution in [0.25, 0.3) is 10.9 Å². The van der Waals surface area contributed by atoms with Gasteiger partial charge in [0.05, 0.1) is 5.52 Å². The molecular weight excluding hydrogens is 269 g/mol. The van der Waals surface area contributed by atoms with E-state index in [9.17, 15) is 9.18 Å². The van der Waals surface area contributed by atoms with Gasteiger partial charge < -0.3 is 5.73 Å². The molecule has 1 fully saturated rings. The fourth-order valence-electron chi connectivity index (χ4n) is 2.96. The lowest BCUT2D eigenvalue weighted by molar-refractivity contribution is -0.123. The Kier molecular flexibility index (Phi) is 3.84. The average Bonchev–Trinajstić information content (AvgIpc) is 2.47. The highest BCUT2D eigenvalue weighted by Gasteiger charge is 2.23. The lowest BCUT2D eigenvalue weighted by Crippen LogP contribution is -2.38. The van der Waals surface area contributed by atoms with Crippen molar-refractivity contribution in [1.82, 2.24) is 9.88 Å². The molecule has 21 heavy (non-hydrogen) atoms. The molecule has 2 N–H and O–H groups in total. The van der Waals surface area contributed by atoms with Crippen LogP contribution in [0.4, 0.5) is 4.39 Å². The monoisotopic (exact) mass is 287 g/mol. The number of likely N-dealkylation sites (tertiary alicyclic amines) is 1. The second-order valence-corrected chi connectivity index (χ2v) is 5.59. The van der Waals surface area contributed by atoms with Crippen LogP contribution < -0.4 is 5.73 Å². The van der Waals surface area contributed by atoms with E-state index in [4.69, 9.17) is 5.73 Å². The largest absolute Gasteiger partial charge is 0.369 e. The van der Waals surface area contributed by atoms with Crippen LogP contribution in [0.5, 0.6) is 0 Å². The van der Waals surface area contributed by atoms with Gasteiger partial charge in [0, 0.05) is 24.0 Å². The minimum Gasteiger partial charge on any atom is -0.369 e. The van der Waals surface area contributed by atoms with Crippen molar-refractivity contribution in [3.63, 3.8) is 0 Å². The van der Waals surface area contributed by atoms with Crippen molar-refractivity contribution in [3.05, 3.63) is 41.8 Å². The number of amides is 1. The molecule has 0 aliphatic carbocycles. The number of carbonyl (C=O) groups is 1. The predicted octanol–water partition coefficient (Wildman–Crippen LogP) is 2.07. The molecule has 110 valence electrons.